The Morgan fingerprint density at radius 2 is 1.75 bits per heavy atom. The van der Waals surface area contributed by atoms with Gasteiger partial charge in [-0.1, -0.05) is 50.0 Å². The highest BCUT2D eigenvalue weighted by molar-refractivity contribution is 6.31. The Balaban J connectivity index is 1.83. The van der Waals surface area contributed by atoms with Gasteiger partial charge in [0.05, 0.1) is 5.92 Å². The minimum absolute atomic E-state index is 0.110. The molecule has 2 N–H and O–H groups in total. The van der Waals surface area contributed by atoms with Gasteiger partial charge in [-0.15, -0.1) is 0 Å². The Morgan fingerprint density at radius 1 is 1.06 bits per heavy atom. The third kappa shape index (κ3) is 5.41. The number of benzene rings is 2. The van der Waals surface area contributed by atoms with Crippen molar-refractivity contribution in [2.75, 3.05) is 5.32 Å². The van der Waals surface area contributed by atoms with Gasteiger partial charge >= 0.3 is 5.97 Å². The summed E-state index contributed by atoms with van der Waals surface area (Å²) in [4.78, 5) is 27.5. The van der Waals surface area contributed by atoms with Crippen LogP contribution >= 0.6 is 23.2 Å². The number of amides is 1. The fourth-order valence-corrected chi connectivity index (χ4v) is 6.17. The molecule has 2 fully saturated rings. The number of carbonyl (C=O) groups is 2. The first kappa shape index (κ1) is 26.9. The number of nitrogens with one attached hydrogen (secondary N) is 2. The van der Waals surface area contributed by atoms with Crippen molar-refractivity contribution in [2.24, 2.45) is 17.3 Å². The predicted octanol–water partition coefficient (Wildman–Crippen LogP) is 6.59. The zero-order chi connectivity index (χ0) is 26.6. The van der Waals surface area contributed by atoms with Crippen LogP contribution in [0, 0.1) is 23.1 Å². The molecule has 5 nitrogen and oxygen atoms in total. The van der Waals surface area contributed by atoms with Crippen LogP contribution in [0.15, 0.2) is 42.5 Å². The smallest absolute Gasteiger partial charge is 0.324 e. The van der Waals surface area contributed by atoms with Crippen LogP contribution < -0.4 is 10.6 Å². The largest absolute Gasteiger partial charge is 0.459 e. The normalized spacial score (nSPS) is 27.7. The summed E-state index contributed by atoms with van der Waals surface area (Å²) in [6.07, 6.45) is 0.697. The zero-order valence-electron chi connectivity index (χ0n) is 21.4. The van der Waals surface area contributed by atoms with E-state index < -0.39 is 40.8 Å². The quantitative estimate of drug-likeness (QED) is 0.434. The van der Waals surface area contributed by atoms with Gasteiger partial charge in [-0.2, -0.15) is 0 Å². The lowest BCUT2D eigenvalue weighted by atomic mass is 9.76. The highest BCUT2D eigenvalue weighted by Crippen LogP contribution is 2.64. The molecule has 0 aromatic heterocycles. The molecule has 5 atom stereocenters. The lowest BCUT2D eigenvalue weighted by Gasteiger charge is -2.29. The summed E-state index contributed by atoms with van der Waals surface area (Å²) >= 11 is 12.4. The number of ether oxygens (including phenoxy) is 1. The lowest BCUT2D eigenvalue weighted by Crippen LogP contribution is -2.45. The maximum Gasteiger partial charge on any atom is 0.324 e. The molecular weight excluding hydrogens is 502 g/mol. The van der Waals surface area contributed by atoms with Gasteiger partial charge in [0.1, 0.15) is 17.5 Å². The molecule has 1 amide bonds. The molecular formula is C28H33Cl2FN2O3. The van der Waals surface area contributed by atoms with Crippen molar-refractivity contribution in [2.45, 2.75) is 71.1 Å². The first-order valence-electron chi connectivity index (χ1n) is 12.1. The first-order valence-corrected chi connectivity index (χ1v) is 12.9. The molecule has 2 aromatic rings. The number of anilines is 1. The van der Waals surface area contributed by atoms with Gasteiger partial charge in [-0.3, -0.25) is 14.9 Å². The molecule has 2 unspecified atom stereocenters. The highest BCUT2D eigenvalue weighted by Gasteiger charge is 2.72. The van der Waals surface area contributed by atoms with Crippen molar-refractivity contribution in [1.82, 2.24) is 5.32 Å². The van der Waals surface area contributed by atoms with E-state index >= 15 is 0 Å². The standard InChI is InChI=1S/C28H33Cl2FN2O3/c1-26(2,3)20-14-28(20)22(24(34)32-19-9-7-8-16(29)13-19)21(15-10-17(30)12-18(31)11-15)23(33-28)25(35)36-27(4,5)6/h7-13,20-23,33H,14H2,1-6H3,(H,32,34)/t20?,21-,22-,23-,28?/m1/s1. The van der Waals surface area contributed by atoms with Crippen LogP contribution in [0.25, 0.3) is 0 Å². The number of hydrogen-bond acceptors (Lipinski definition) is 4. The van der Waals surface area contributed by atoms with Gasteiger partial charge in [0.25, 0.3) is 0 Å². The molecule has 0 radical (unpaired) electrons. The second kappa shape index (κ2) is 9.30. The van der Waals surface area contributed by atoms with Gasteiger partial charge in [0.15, 0.2) is 0 Å². The van der Waals surface area contributed by atoms with Gasteiger partial charge < -0.3 is 10.1 Å². The first-order chi connectivity index (χ1) is 16.6. The SMILES string of the molecule is CC(C)(C)OC(=O)[C@@H]1NC2(CC2C(C)(C)C)[C@@H](C(=O)Nc2cccc(Cl)c2)[C@H]1c1cc(F)cc(Cl)c1. The van der Waals surface area contributed by atoms with Crippen LogP contribution in [-0.2, 0) is 14.3 Å². The Kier molecular flexibility index (Phi) is 6.95. The highest BCUT2D eigenvalue weighted by atomic mass is 35.5. The topological polar surface area (TPSA) is 67.4 Å². The third-order valence-electron chi connectivity index (χ3n) is 7.05. The monoisotopic (exact) mass is 534 g/mol. The van der Waals surface area contributed by atoms with E-state index in [4.69, 9.17) is 27.9 Å². The fraction of sp³-hybridized carbons (Fsp3) is 0.500. The molecule has 1 aliphatic carbocycles. The van der Waals surface area contributed by atoms with Crippen LogP contribution in [0.1, 0.15) is 59.4 Å². The fourth-order valence-electron chi connectivity index (χ4n) is 5.75. The molecule has 1 heterocycles. The summed E-state index contributed by atoms with van der Waals surface area (Å²) < 4.78 is 20.3. The van der Waals surface area contributed by atoms with Gasteiger partial charge in [-0.05, 0) is 80.5 Å². The Morgan fingerprint density at radius 3 is 2.31 bits per heavy atom. The molecule has 194 valence electrons. The Bertz CT molecular complexity index is 1170. The number of hydrogen-bond donors (Lipinski definition) is 2. The minimum atomic E-state index is -0.857. The molecule has 1 aliphatic heterocycles. The van der Waals surface area contributed by atoms with Crippen LogP contribution in [0.4, 0.5) is 10.1 Å². The van der Waals surface area contributed by atoms with Crippen molar-refractivity contribution in [3.8, 4) is 0 Å². The summed E-state index contributed by atoms with van der Waals surface area (Å²) in [6, 6.07) is 10.2. The number of rotatable bonds is 4. The molecule has 0 bridgehead atoms. The summed E-state index contributed by atoms with van der Waals surface area (Å²) in [5.41, 5.74) is -0.497. The maximum absolute atomic E-state index is 14.5. The molecule has 1 saturated carbocycles. The number of esters is 1. The van der Waals surface area contributed by atoms with Crippen molar-refractivity contribution in [3.05, 3.63) is 63.9 Å². The average Bonchev–Trinajstić information content (AvgIpc) is 3.32. The van der Waals surface area contributed by atoms with Crippen LogP contribution in [0.5, 0.6) is 0 Å². The van der Waals surface area contributed by atoms with E-state index in [1.807, 2.05) is 0 Å². The van der Waals surface area contributed by atoms with Crippen molar-refractivity contribution >= 4 is 40.8 Å². The van der Waals surface area contributed by atoms with Crippen LogP contribution in [0.3, 0.4) is 0 Å². The zero-order valence-corrected chi connectivity index (χ0v) is 22.9. The summed E-state index contributed by atoms with van der Waals surface area (Å²) in [5.74, 6) is -2.55. The van der Waals surface area contributed by atoms with E-state index in [1.54, 1.807) is 51.1 Å². The molecule has 2 aromatic carbocycles. The maximum atomic E-state index is 14.5. The molecule has 2 aliphatic rings. The van der Waals surface area contributed by atoms with Crippen LogP contribution in [-0.4, -0.2) is 29.1 Å². The number of carbonyl (C=O) groups excluding carboxylic acids is 2. The van der Waals surface area contributed by atoms with Crippen LogP contribution in [0.2, 0.25) is 10.0 Å². The molecule has 8 heteroatoms. The summed E-state index contributed by atoms with van der Waals surface area (Å²) in [6.45, 7) is 11.7. The van der Waals surface area contributed by atoms with E-state index in [0.717, 1.165) is 0 Å². The van der Waals surface area contributed by atoms with E-state index in [-0.39, 0.29) is 22.3 Å². The molecule has 4 rings (SSSR count). The molecule has 1 spiro atoms. The van der Waals surface area contributed by atoms with E-state index in [2.05, 4.69) is 31.4 Å². The molecule has 36 heavy (non-hydrogen) atoms. The summed E-state index contributed by atoms with van der Waals surface area (Å²) in [7, 11) is 0. The van der Waals surface area contributed by atoms with E-state index in [9.17, 15) is 14.0 Å². The van der Waals surface area contributed by atoms with Crippen molar-refractivity contribution in [1.29, 1.82) is 0 Å². The Labute approximate surface area is 222 Å². The second-order valence-electron chi connectivity index (χ2n) is 12.0. The lowest BCUT2D eigenvalue weighted by molar-refractivity contribution is -0.157. The summed E-state index contributed by atoms with van der Waals surface area (Å²) in [5, 5.41) is 7.19. The van der Waals surface area contributed by atoms with Gasteiger partial charge in [0.2, 0.25) is 5.91 Å². The number of halogens is 3. The van der Waals surface area contributed by atoms with Crippen molar-refractivity contribution in [3.63, 3.8) is 0 Å². The minimum Gasteiger partial charge on any atom is -0.459 e. The predicted molar refractivity (Wildman–Crippen MR) is 141 cm³/mol. The average molecular weight is 535 g/mol. The molecule has 1 saturated heterocycles. The Hall–Kier alpha value is -2.15. The van der Waals surface area contributed by atoms with Crippen molar-refractivity contribution < 1.29 is 18.7 Å². The third-order valence-corrected chi connectivity index (χ3v) is 7.50. The van der Waals surface area contributed by atoms with E-state index in [1.165, 1.54) is 12.1 Å². The van der Waals surface area contributed by atoms with Gasteiger partial charge in [0, 0.05) is 27.2 Å². The second-order valence-corrected chi connectivity index (χ2v) is 12.9. The van der Waals surface area contributed by atoms with Gasteiger partial charge in [-0.25, -0.2) is 4.39 Å². The van der Waals surface area contributed by atoms with E-state index in [0.29, 0.717) is 22.7 Å².